The average molecular weight is 332 g/mol. The second kappa shape index (κ2) is 5.16. The van der Waals surface area contributed by atoms with Crippen molar-refractivity contribution in [3.63, 3.8) is 0 Å². The summed E-state index contributed by atoms with van der Waals surface area (Å²) < 4.78 is 34.0. The van der Waals surface area contributed by atoms with Crippen LogP contribution in [0.2, 0.25) is 0 Å². The number of aromatic nitrogens is 2. The van der Waals surface area contributed by atoms with E-state index in [2.05, 4.69) is 21.0 Å². The maximum atomic E-state index is 13.6. The van der Waals surface area contributed by atoms with Crippen molar-refractivity contribution < 1.29 is 13.5 Å². The van der Waals surface area contributed by atoms with E-state index in [0.717, 1.165) is 6.07 Å². The zero-order valence-electron chi connectivity index (χ0n) is 10.4. The lowest BCUT2D eigenvalue weighted by Crippen LogP contribution is -1.99. The summed E-state index contributed by atoms with van der Waals surface area (Å²) in [7, 11) is 1.62. The molecule has 2 aromatic rings. The van der Waals surface area contributed by atoms with E-state index in [1.165, 1.54) is 10.7 Å². The number of aryl methyl sites for hydroxylation is 2. The molecule has 19 heavy (non-hydrogen) atoms. The summed E-state index contributed by atoms with van der Waals surface area (Å²) in [6, 6.07) is 2.35. The Bertz CT molecular complexity index is 628. The highest BCUT2D eigenvalue weighted by Crippen LogP contribution is 2.33. The second-order valence-corrected chi connectivity index (χ2v) is 4.86. The van der Waals surface area contributed by atoms with Crippen LogP contribution in [0.15, 0.2) is 16.6 Å². The van der Waals surface area contributed by atoms with E-state index in [1.54, 1.807) is 7.05 Å². The quantitative estimate of drug-likeness (QED) is 0.877. The fourth-order valence-electron chi connectivity index (χ4n) is 1.67. The van der Waals surface area contributed by atoms with Crippen molar-refractivity contribution in [3.8, 4) is 11.6 Å². The molecule has 102 valence electrons. The molecule has 0 aliphatic heterocycles. The van der Waals surface area contributed by atoms with Crippen LogP contribution in [-0.2, 0) is 13.5 Å². The molecule has 7 heteroatoms. The summed E-state index contributed by atoms with van der Waals surface area (Å²) in [5, 5.41) is 4.14. The molecule has 2 N–H and O–H groups in total. The van der Waals surface area contributed by atoms with E-state index in [0.29, 0.717) is 22.3 Å². The van der Waals surface area contributed by atoms with Crippen molar-refractivity contribution in [2.45, 2.75) is 13.3 Å². The number of nitrogen functional groups attached to an aromatic ring is 1. The fraction of sp³-hybridized carbons (Fsp3) is 0.250. The van der Waals surface area contributed by atoms with Crippen LogP contribution in [0, 0.1) is 11.6 Å². The standard InChI is InChI=1S/C12H12BrF2N3O/c1-3-8-11(16)12(18(2)17-8)19-9-5-6(13)4-7(14)10(9)15/h4-5H,3,16H2,1-2H3. The van der Waals surface area contributed by atoms with E-state index >= 15 is 0 Å². The molecule has 0 aliphatic rings. The van der Waals surface area contributed by atoms with Crippen LogP contribution in [0.5, 0.6) is 11.6 Å². The molecule has 1 heterocycles. The lowest BCUT2D eigenvalue weighted by Gasteiger charge is -2.08. The molecule has 0 fully saturated rings. The van der Waals surface area contributed by atoms with Crippen molar-refractivity contribution in [2.75, 3.05) is 5.73 Å². The number of hydrogen-bond donors (Lipinski definition) is 1. The molecular weight excluding hydrogens is 320 g/mol. The van der Waals surface area contributed by atoms with Gasteiger partial charge >= 0.3 is 0 Å². The summed E-state index contributed by atoms with van der Waals surface area (Å²) in [6.07, 6.45) is 0.623. The molecule has 1 aromatic heterocycles. The van der Waals surface area contributed by atoms with Gasteiger partial charge in [0.2, 0.25) is 11.7 Å². The Hall–Kier alpha value is -1.63. The fourth-order valence-corrected chi connectivity index (χ4v) is 2.08. The number of anilines is 1. The molecule has 0 radical (unpaired) electrons. The third-order valence-corrected chi connectivity index (χ3v) is 3.06. The van der Waals surface area contributed by atoms with Gasteiger partial charge in [-0.15, -0.1) is 0 Å². The number of rotatable bonds is 3. The predicted octanol–water partition coefficient (Wildman–Crippen LogP) is 3.40. The smallest absolute Gasteiger partial charge is 0.241 e. The summed E-state index contributed by atoms with van der Waals surface area (Å²) in [5.74, 6) is -2.12. The Kier molecular flexibility index (Phi) is 3.75. The Morgan fingerprint density at radius 2 is 2.11 bits per heavy atom. The number of nitrogens with zero attached hydrogens (tertiary/aromatic N) is 2. The maximum Gasteiger partial charge on any atom is 0.241 e. The van der Waals surface area contributed by atoms with Crippen molar-refractivity contribution in [2.24, 2.45) is 7.05 Å². The van der Waals surface area contributed by atoms with Gasteiger partial charge in [-0.2, -0.15) is 9.49 Å². The van der Waals surface area contributed by atoms with Crippen LogP contribution >= 0.6 is 15.9 Å². The van der Waals surface area contributed by atoms with Crippen molar-refractivity contribution in [3.05, 3.63) is 33.9 Å². The SMILES string of the molecule is CCc1nn(C)c(Oc2cc(Br)cc(F)c2F)c1N. The summed E-state index contributed by atoms with van der Waals surface area (Å²) in [5.41, 5.74) is 6.82. The average Bonchev–Trinajstić information content (AvgIpc) is 2.62. The molecule has 1 aromatic carbocycles. The van der Waals surface area contributed by atoms with Crippen molar-refractivity contribution in [1.29, 1.82) is 0 Å². The van der Waals surface area contributed by atoms with E-state index in [-0.39, 0.29) is 11.6 Å². The minimum absolute atomic E-state index is 0.188. The van der Waals surface area contributed by atoms with Gasteiger partial charge in [0, 0.05) is 11.5 Å². The van der Waals surface area contributed by atoms with Gasteiger partial charge < -0.3 is 10.5 Å². The molecule has 0 bridgehead atoms. The first-order valence-corrected chi connectivity index (χ1v) is 6.37. The third-order valence-electron chi connectivity index (χ3n) is 2.61. The second-order valence-electron chi connectivity index (χ2n) is 3.94. The summed E-state index contributed by atoms with van der Waals surface area (Å²) in [4.78, 5) is 0. The lowest BCUT2D eigenvalue weighted by atomic mass is 10.3. The van der Waals surface area contributed by atoms with Gasteiger partial charge in [0.1, 0.15) is 5.69 Å². The maximum absolute atomic E-state index is 13.6. The minimum Gasteiger partial charge on any atom is -0.434 e. The van der Waals surface area contributed by atoms with E-state index in [1.807, 2.05) is 6.92 Å². The molecule has 4 nitrogen and oxygen atoms in total. The Balaban J connectivity index is 2.44. The first-order valence-electron chi connectivity index (χ1n) is 5.57. The van der Waals surface area contributed by atoms with Crippen molar-refractivity contribution >= 4 is 21.6 Å². The summed E-state index contributed by atoms with van der Waals surface area (Å²) >= 11 is 3.08. The van der Waals surface area contributed by atoms with Gasteiger partial charge in [-0.05, 0) is 18.6 Å². The molecule has 0 unspecified atom stereocenters. The number of hydrogen-bond acceptors (Lipinski definition) is 3. The zero-order chi connectivity index (χ0) is 14.2. The van der Waals surface area contributed by atoms with Gasteiger partial charge in [-0.25, -0.2) is 9.07 Å². The van der Waals surface area contributed by atoms with Crippen molar-refractivity contribution in [1.82, 2.24) is 9.78 Å². The van der Waals surface area contributed by atoms with Crippen LogP contribution in [0.3, 0.4) is 0 Å². The zero-order valence-corrected chi connectivity index (χ0v) is 12.0. The highest BCUT2D eigenvalue weighted by Gasteiger charge is 2.18. The van der Waals surface area contributed by atoms with E-state index in [9.17, 15) is 8.78 Å². The van der Waals surface area contributed by atoms with Crippen LogP contribution in [0.25, 0.3) is 0 Å². The number of halogens is 3. The molecule has 0 amide bonds. The monoisotopic (exact) mass is 331 g/mol. The van der Waals surface area contributed by atoms with Gasteiger partial charge in [0.05, 0.1) is 5.69 Å². The highest BCUT2D eigenvalue weighted by molar-refractivity contribution is 9.10. The third kappa shape index (κ3) is 2.56. The van der Waals surface area contributed by atoms with E-state index in [4.69, 9.17) is 10.5 Å². The Morgan fingerprint density at radius 1 is 1.42 bits per heavy atom. The molecule has 2 rings (SSSR count). The van der Waals surface area contributed by atoms with Crippen LogP contribution in [-0.4, -0.2) is 9.78 Å². The first kappa shape index (κ1) is 13.8. The summed E-state index contributed by atoms with van der Waals surface area (Å²) in [6.45, 7) is 1.89. The van der Waals surface area contributed by atoms with Gasteiger partial charge in [0.15, 0.2) is 11.6 Å². The molecule has 0 spiro atoms. The van der Waals surface area contributed by atoms with Gasteiger partial charge in [-0.3, -0.25) is 0 Å². The number of ether oxygens (including phenoxy) is 1. The molecule has 0 aliphatic carbocycles. The minimum atomic E-state index is -1.07. The molecule has 0 atom stereocenters. The highest BCUT2D eigenvalue weighted by atomic mass is 79.9. The molecule has 0 saturated heterocycles. The number of benzene rings is 1. The van der Waals surface area contributed by atoms with Crippen LogP contribution in [0.4, 0.5) is 14.5 Å². The topological polar surface area (TPSA) is 53.1 Å². The molecule has 0 saturated carbocycles. The Morgan fingerprint density at radius 3 is 2.68 bits per heavy atom. The largest absolute Gasteiger partial charge is 0.434 e. The van der Waals surface area contributed by atoms with Crippen LogP contribution < -0.4 is 10.5 Å². The van der Waals surface area contributed by atoms with Gasteiger partial charge in [-0.1, -0.05) is 22.9 Å². The predicted molar refractivity (Wildman–Crippen MR) is 71.1 cm³/mol. The van der Waals surface area contributed by atoms with Gasteiger partial charge in [0.25, 0.3) is 0 Å². The normalized spacial score (nSPS) is 10.8. The first-order chi connectivity index (χ1) is 8.93. The number of nitrogens with two attached hydrogens (primary N) is 1. The lowest BCUT2D eigenvalue weighted by molar-refractivity contribution is 0.388. The molecular formula is C12H12BrF2N3O. The van der Waals surface area contributed by atoms with Crippen LogP contribution in [0.1, 0.15) is 12.6 Å². The van der Waals surface area contributed by atoms with E-state index < -0.39 is 11.6 Å². The Labute approximate surface area is 117 Å².